The third-order valence-electron chi connectivity index (χ3n) is 6.66. The molecule has 0 atom stereocenters. The maximum absolute atomic E-state index is 12.6. The van der Waals surface area contributed by atoms with Gasteiger partial charge in [0.2, 0.25) is 5.91 Å². The Morgan fingerprint density at radius 1 is 0.644 bits per heavy atom. The second-order valence-corrected chi connectivity index (χ2v) is 9.63. The molecule has 2 aromatic carbocycles. The minimum absolute atomic E-state index is 0.0189. The number of rotatable bonds is 16. The van der Waals surface area contributed by atoms with Gasteiger partial charge >= 0.3 is 11.9 Å². The zero-order valence-electron chi connectivity index (χ0n) is 23.8. The van der Waals surface area contributed by atoms with Crippen molar-refractivity contribution < 1.29 is 54.0 Å². The summed E-state index contributed by atoms with van der Waals surface area (Å²) in [4.78, 5) is 86.0. The van der Waals surface area contributed by atoms with E-state index in [9.17, 15) is 43.8 Å². The summed E-state index contributed by atoms with van der Waals surface area (Å²) in [5.41, 5.74) is -1.36. The number of nitrogens with one attached hydrogen (secondary N) is 3. The number of aromatic carboxylic acids is 2. The van der Waals surface area contributed by atoms with Crippen LogP contribution in [0.5, 0.6) is 11.5 Å². The average molecular weight is 626 g/mol. The molecule has 0 saturated heterocycles. The van der Waals surface area contributed by atoms with Crippen LogP contribution in [0.2, 0.25) is 0 Å². The number of carboxylic acid groups (broad SMARTS) is 2. The molecule has 0 saturated carbocycles. The van der Waals surface area contributed by atoms with E-state index in [1.165, 1.54) is 24.3 Å². The number of phenols is 2. The number of hydrogen-bond acceptors (Lipinski definition) is 10. The molecule has 1 aliphatic heterocycles. The van der Waals surface area contributed by atoms with Crippen molar-refractivity contribution in [3.8, 4) is 11.5 Å². The van der Waals surface area contributed by atoms with Gasteiger partial charge in [0.1, 0.15) is 22.6 Å². The van der Waals surface area contributed by atoms with Gasteiger partial charge in [-0.25, -0.2) is 9.59 Å². The van der Waals surface area contributed by atoms with Crippen molar-refractivity contribution in [1.82, 2.24) is 25.8 Å². The second-order valence-electron chi connectivity index (χ2n) is 9.63. The summed E-state index contributed by atoms with van der Waals surface area (Å²) in [5, 5.41) is 46.4. The van der Waals surface area contributed by atoms with Gasteiger partial charge in [-0.05, 0) is 24.3 Å². The molecule has 0 spiro atoms. The van der Waals surface area contributed by atoms with Crippen LogP contribution in [0.25, 0.3) is 0 Å². The second kappa shape index (κ2) is 15.6. The molecule has 3 rings (SSSR count). The normalized spacial score (nSPS) is 12.3. The third kappa shape index (κ3) is 9.11. The number of aromatic hydroxyl groups is 2. The minimum Gasteiger partial charge on any atom is -0.506 e. The fraction of sp³-hybridized carbons (Fsp3) is 0.276. The first-order chi connectivity index (χ1) is 21.4. The van der Waals surface area contributed by atoms with Gasteiger partial charge in [-0.2, -0.15) is 0 Å². The molecule has 16 nitrogen and oxygen atoms in total. The molecular weight excluding hydrogens is 594 g/mol. The summed E-state index contributed by atoms with van der Waals surface area (Å²) in [6, 6.07) is 7.43. The van der Waals surface area contributed by atoms with Crippen LogP contribution in [0.3, 0.4) is 0 Å². The van der Waals surface area contributed by atoms with Crippen molar-refractivity contribution in [2.75, 3.05) is 45.8 Å². The van der Waals surface area contributed by atoms with Crippen LogP contribution in [-0.2, 0) is 14.4 Å². The molecule has 238 valence electrons. The van der Waals surface area contributed by atoms with Gasteiger partial charge in [-0.1, -0.05) is 12.1 Å². The molecule has 0 aliphatic carbocycles. The largest absolute Gasteiger partial charge is 0.506 e. The van der Waals surface area contributed by atoms with Gasteiger partial charge in [0.05, 0.1) is 11.1 Å². The SMILES string of the molecule is O=C(CCN1C(=O)C=CC1=O)NCCN(CCNC(=O)c1cccc(C(=O)O)c1O)CCNC(=O)c1cccc(C(=O)O)c1O. The van der Waals surface area contributed by atoms with Crippen LogP contribution < -0.4 is 16.0 Å². The lowest BCUT2D eigenvalue weighted by Gasteiger charge is -2.23. The zero-order valence-corrected chi connectivity index (χ0v) is 23.8. The van der Waals surface area contributed by atoms with Crippen LogP contribution in [0.4, 0.5) is 0 Å². The van der Waals surface area contributed by atoms with Crippen molar-refractivity contribution in [2.45, 2.75) is 6.42 Å². The number of nitrogens with zero attached hydrogens (tertiary/aromatic N) is 2. The predicted octanol–water partition coefficient (Wildman–Crippen LogP) is -0.613. The fourth-order valence-corrected chi connectivity index (χ4v) is 4.29. The maximum Gasteiger partial charge on any atom is 0.339 e. The first kappa shape index (κ1) is 33.7. The number of amides is 5. The fourth-order valence-electron chi connectivity index (χ4n) is 4.29. The first-order valence-electron chi connectivity index (χ1n) is 13.6. The molecule has 16 heteroatoms. The number of para-hydroxylation sites is 2. The number of hydrogen-bond donors (Lipinski definition) is 7. The molecule has 5 amide bonds. The van der Waals surface area contributed by atoms with Gasteiger partial charge in [0, 0.05) is 64.4 Å². The Morgan fingerprint density at radius 3 is 1.47 bits per heavy atom. The van der Waals surface area contributed by atoms with Crippen LogP contribution in [0, 0.1) is 0 Å². The lowest BCUT2D eigenvalue weighted by molar-refractivity contribution is -0.137. The smallest absolute Gasteiger partial charge is 0.339 e. The van der Waals surface area contributed by atoms with E-state index in [4.69, 9.17) is 10.2 Å². The standard InChI is InChI=1S/C29H31N5O11/c35-21(9-13-34-22(36)7-8-23(34)37)30-10-14-33(15-11-31-26(40)17-3-1-5-19(24(17)38)28(42)43)16-12-32-27(41)18-4-2-6-20(25(18)39)29(44)45/h1-8,38-39H,9-16H2,(H,30,35)(H,31,40)(H,32,41)(H,42,43)(H,44,45). The number of carboxylic acids is 2. The van der Waals surface area contributed by atoms with Crippen molar-refractivity contribution in [3.05, 3.63) is 70.8 Å². The van der Waals surface area contributed by atoms with Crippen LogP contribution in [-0.4, -0.2) is 118 Å². The van der Waals surface area contributed by atoms with Crippen molar-refractivity contribution in [3.63, 3.8) is 0 Å². The molecule has 0 bridgehead atoms. The van der Waals surface area contributed by atoms with Gasteiger partial charge in [0.15, 0.2) is 0 Å². The number of carbonyl (C=O) groups is 7. The Balaban J connectivity index is 1.56. The van der Waals surface area contributed by atoms with Gasteiger partial charge in [-0.3, -0.25) is 33.8 Å². The van der Waals surface area contributed by atoms with E-state index in [1.807, 2.05) is 0 Å². The topological polar surface area (TPSA) is 243 Å². The van der Waals surface area contributed by atoms with Crippen molar-refractivity contribution in [2.24, 2.45) is 0 Å². The van der Waals surface area contributed by atoms with Crippen LogP contribution >= 0.6 is 0 Å². The Labute approximate surface area is 255 Å². The predicted molar refractivity (Wildman–Crippen MR) is 155 cm³/mol. The summed E-state index contributed by atoms with van der Waals surface area (Å²) in [5.74, 6) is -7.08. The summed E-state index contributed by atoms with van der Waals surface area (Å²) in [6.07, 6.45) is 2.11. The summed E-state index contributed by atoms with van der Waals surface area (Å²) in [7, 11) is 0. The Hall–Kier alpha value is -5.77. The highest BCUT2D eigenvalue weighted by Crippen LogP contribution is 2.23. The quantitative estimate of drug-likeness (QED) is 0.116. The highest BCUT2D eigenvalue weighted by molar-refractivity contribution is 6.13. The highest BCUT2D eigenvalue weighted by atomic mass is 16.4. The molecule has 0 unspecified atom stereocenters. The molecule has 0 aromatic heterocycles. The van der Waals surface area contributed by atoms with Gasteiger partial charge in [-0.15, -0.1) is 0 Å². The van der Waals surface area contributed by atoms with Crippen LogP contribution in [0.15, 0.2) is 48.6 Å². The molecule has 1 heterocycles. The molecular formula is C29H31N5O11. The molecule has 0 fully saturated rings. The lowest BCUT2D eigenvalue weighted by Crippen LogP contribution is -2.43. The summed E-state index contributed by atoms with van der Waals surface area (Å²) < 4.78 is 0. The highest BCUT2D eigenvalue weighted by Gasteiger charge is 2.24. The zero-order chi connectivity index (χ0) is 33.1. The Kier molecular flexibility index (Phi) is 11.7. The summed E-state index contributed by atoms with van der Waals surface area (Å²) in [6.45, 7) is 0.641. The van der Waals surface area contributed by atoms with Crippen LogP contribution in [0.1, 0.15) is 47.9 Å². The van der Waals surface area contributed by atoms with E-state index in [-0.39, 0.29) is 63.4 Å². The Morgan fingerprint density at radius 2 is 1.04 bits per heavy atom. The molecule has 45 heavy (non-hydrogen) atoms. The van der Waals surface area contributed by atoms with E-state index in [2.05, 4.69) is 16.0 Å². The number of carbonyl (C=O) groups excluding carboxylic acids is 5. The minimum atomic E-state index is -1.41. The van der Waals surface area contributed by atoms with Crippen molar-refractivity contribution in [1.29, 1.82) is 0 Å². The summed E-state index contributed by atoms with van der Waals surface area (Å²) >= 11 is 0. The first-order valence-corrected chi connectivity index (χ1v) is 13.6. The average Bonchev–Trinajstić information content (AvgIpc) is 3.31. The molecule has 0 radical (unpaired) electrons. The van der Waals surface area contributed by atoms with E-state index in [0.29, 0.717) is 0 Å². The van der Waals surface area contributed by atoms with E-state index < -0.39 is 64.1 Å². The van der Waals surface area contributed by atoms with E-state index >= 15 is 0 Å². The lowest BCUT2D eigenvalue weighted by atomic mass is 10.1. The van der Waals surface area contributed by atoms with Gasteiger partial charge in [0.25, 0.3) is 23.6 Å². The third-order valence-corrected chi connectivity index (χ3v) is 6.66. The van der Waals surface area contributed by atoms with E-state index in [1.54, 1.807) is 4.90 Å². The monoisotopic (exact) mass is 625 g/mol. The number of imide groups is 1. The van der Waals surface area contributed by atoms with E-state index in [0.717, 1.165) is 29.2 Å². The molecule has 7 N–H and O–H groups in total. The molecule has 1 aliphatic rings. The number of benzene rings is 2. The maximum atomic E-state index is 12.6. The molecule has 2 aromatic rings. The van der Waals surface area contributed by atoms with Gasteiger partial charge < -0.3 is 36.4 Å². The Bertz CT molecular complexity index is 1440. The van der Waals surface area contributed by atoms with Crippen molar-refractivity contribution >= 4 is 41.5 Å².